The topological polar surface area (TPSA) is 55.8 Å². The zero-order valence-corrected chi connectivity index (χ0v) is 33.2. The van der Waals surface area contributed by atoms with Gasteiger partial charge in [0, 0.05) is 13.0 Å². The Kier molecular flexibility index (Phi) is 40.3. The number of unbranched alkanes of at least 4 members (excludes halogenated alkanes) is 29. The number of ether oxygens (including phenoxy) is 2. The molecule has 2 unspecified atom stereocenters. The highest BCUT2D eigenvalue weighted by atomic mass is 16.5. The van der Waals surface area contributed by atoms with E-state index in [0.717, 1.165) is 64.4 Å². The van der Waals surface area contributed by atoms with Crippen LogP contribution in [0.4, 0.5) is 0 Å². The van der Waals surface area contributed by atoms with Gasteiger partial charge in [-0.15, -0.1) is 0 Å². The first-order chi connectivity index (χ1) is 23.7. The van der Waals surface area contributed by atoms with E-state index in [-0.39, 0.29) is 18.2 Å². The van der Waals surface area contributed by atoms with Crippen molar-refractivity contribution in [3.63, 3.8) is 0 Å². The van der Waals surface area contributed by atoms with Crippen LogP contribution >= 0.6 is 0 Å². The Morgan fingerprint density at radius 2 is 0.750 bits per heavy atom. The quantitative estimate of drug-likeness (QED) is 0.0516. The highest BCUT2D eigenvalue weighted by molar-refractivity contribution is 5.69. The summed E-state index contributed by atoms with van der Waals surface area (Å²) in [5, 5.41) is 11.0. The number of carbonyl (C=O) groups is 1. The molecule has 0 radical (unpaired) electrons. The zero-order chi connectivity index (χ0) is 35.0. The van der Waals surface area contributed by atoms with Crippen molar-refractivity contribution in [2.24, 2.45) is 0 Å². The zero-order valence-electron chi connectivity index (χ0n) is 33.2. The van der Waals surface area contributed by atoms with Gasteiger partial charge in [0.05, 0.1) is 18.8 Å². The first-order valence-electron chi connectivity index (χ1n) is 22.1. The van der Waals surface area contributed by atoms with E-state index in [1.807, 2.05) is 0 Å². The minimum atomic E-state index is -0.348. The average molecular weight is 681 g/mol. The van der Waals surface area contributed by atoms with E-state index in [9.17, 15) is 9.90 Å². The van der Waals surface area contributed by atoms with Crippen LogP contribution in [0.1, 0.15) is 252 Å². The molecule has 288 valence electrons. The molecular formula is C44H88O4. The molecule has 0 aliphatic heterocycles. The largest absolute Gasteiger partial charge is 0.466 e. The van der Waals surface area contributed by atoms with Crippen LogP contribution < -0.4 is 0 Å². The summed E-state index contributed by atoms with van der Waals surface area (Å²) in [7, 11) is 0. The molecule has 4 heteroatoms. The lowest BCUT2D eigenvalue weighted by atomic mass is 9.99. The molecule has 0 rings (SSSR count). The molecule has 0 aromatic heterocycles. The third kappa shape index (κ3) is 36.7. The Morgan fingerprint density at radius 3 is 1.19 bits per heavy atom. The summed E-state index contributed by atoms with van der Waals surface area (Å²) in [4.78, 5) is 12.1. The fourth-order valence-corrected chi connectivity index (χ4v) is 6.88. The van der Waals surface area contributed by atoms with E-state index in [2.05, 4.69) is 20.8 Å². The first-order valence-corrected chi connectivity index (χ1v) is 22.1. The summed E-state index contributed by atoms with van der Waals surface area (Å²) in [5.41, 5.74) is 0. The first kappa shape index (κ1) is 47.4. The fraction of sp³-hybridized carbons (Fsp3) is 0.977. The lowest BCUT2D eigenvalue weighted by molar-refractivity contribution is -0.143. The highest BCUT2D eigenvalue weighted by Gasteiger charge is 2.19. The lowest BCUT2D eigenvalue weighted by Crippen LogP contribution is -2.29. The van der Waals surface area contributed by atoms with E-state index in [4.69, 9.17) is 9.47 Å². The van der Waals surface area contributed by atoms with Crippen LogP contribution in [-0.2, 0) is 14.3 Å². The Bertz CT molecular complexity index is 609. The molecule has 2 atom stereocenters. The molecule has 0 saturated carbocycles. The van der Waals surface area contributed by atoms with Crippen LogP contribution in [0.25, 0.3) is 0 Å². The Hall–Kier alpha value is -0.610. The van der Waals surface area contributed by atoms with Crippen molar-refractivity contribution in [1.82, 2.24) is 0 Å². The van der Waals surface area contributed by atoms with E-state index < -0.39 is 0 Å². The van der Waals surface area contributed by atoms with Crippen LogP contribution in [0, 0.1) is 0 Å². The number of carbonyl (C=O) groups excluding carboxylic acids is 1. The van der Waals surface area contributed by atoms with Crippen molar-refractivity contribution in [2.75, 3.05) is 13.2 Å². The molecule has 0 aromatic rings. The van der Waals surface area contributed by atoms with Crippen molar-refractivity contribution in [3.05, 3.63) is 0 Å². The monoisotopic (exact) mass is 681 g/mol. The maximum Gasteiger partial charge on any atom is 0.305 e. The van der Waals surface area contributed by atoms with Gasteiger partial charge in [-0.2, -0.15) is 0 Å². The van der Waals surface area contributed by atoms with Gasteiger partial charge in [-0.3, -0.25) is 4.79 Å². The number of hydrogen-bond acceptors (Lipinski definition) is 4. The molecule has 4 nitrogen and oxygen atoms in total. The number of esters is 1. The number of hydrogen-bond donors (Lipinski definition) is 1. The van der Waals surface area contributed by atoms with Gasteiger partial charge < -0.3 is 14.6 Å². The van der Waals surface area contributed by atoms with Crippen molar-refractivity contribution in [1.29, 1.82) is 0 Å². The van der Waals surface area contributed by atoms with Crippen LogP contribution in [0.5, 0.6) is 0 Å². The second-order valence-electron chi connectivity index (χ2n) is 15.1. The molecule has 0 fully saturated rings. The molecule has 0 bridgehead atoms. The van der Waals surface area contributed by atoms with Gasteiger partial charge in [-0.25, -0.2) is 0 Å². The van der Waals surface area contributed by atoms with E-state index in [0.29, 0.717) is 13.0 Å². The maximum absolute atomic E-state index is 12.1. The van der Waals surface area contributed by atoms with Crippen LogP contribution in [0.3, 0.4) is 0 Å². The van der Waals surface area contributed by atoms with Gasteiger partial charge in [0.15, 0.2) is 0 Å². The maximum atomic E-state index is 12.1. The van der Waals surface area contributed by atoms with Gasteiger partial charge in [0.2, 0.25) is 0 Å². The SMILES string of the molecule is CCCCCCCCCCCCCOC(=O)CCCCCCCC(O)C(CCCCCCCC)OCCCCCCCCCCCCC. The predicted octanol–water partition coefficient (Wildman–Crippen LogP) is 14.4. The van der Waals surface area contributed by atoms with Crippen molar-refractivity contribution < 1.29 is 19.4 Å². The molecule has 0 aliphatic rings. The highest BCUT2D eigenvalue weighted by Crippen LogP contribution is 2.19. The lowest BCUT2D eigenvalue weighted by Gasteiger charge is -2.24. The van der Waals surface area contributed by atoms with E-state index in [1.54, 1.807) is 0 Å². The summed E-state index contributed by atoms with van der Waals surface area (Å²) in [6, 6.07) is 0. The molecule has 0 amide bonds. The molecule has 0 spiro atoms. The average Bonchev–Trinajstić information content (AvgIpc) is 3.09. The van der Waals surface area contributed by atoms with E-state index >= 15 is 0 Å². The number of aliphatic hydroxyl groups excluding tert-OH is 1. The minimum absolute atomic E-state index is 0.00520. The van der Waals surface area contributed by atoms with Crippen LogP contribution in [0.2, 0.25) is 0 Å². The second-order valence-corrected chi connectivity index (χ2v) is 15.1. The van der Waals surface area contributed by atoms with Crippen LogP contribution in [0.15, 0.2) is 0 Å². The Balaban J connectivity index is 3.89. The molecule has 1 N–H and O–H groups in total. The van der Waals surface area contributed by atoms with Crippen molar-refractivity contribution in [3.8, 4) is 0 Å². The summed E-state index contributed by atoms with van der Waals surface area (Å²) in [5.74, 6) is -0.0232. The van der Waals surface area contributed by atoms with Crippen LogP contribution in [-0.4, -0.2) is 36.5 Å². The third-order valence-corrected chi connectivity index (χ3v) is 10.2. The van der Waals surface area contributed by atoms with Gasteiger partial charge in [-0.1, -0.05) is 213 Å². The summed E-state index contributed by atoms with van der Waals surface area (Å²) < 4.78 is 11.8. The molecule has 0 aliphatic carbocycles. The summed E-state index contributed by atoms with van der Waals surface area (Å²) >= 11 is 0. The van der Waals surface area contributed by atoms with E-state index in [1.165, 1.54) is 167 Å². The fourth-order valence-electron chi connectivity index (χ4n) is 6.88. The molecule has 48 heavy (non-hydrogen) atoms. The van der Waals surface area contributed by atoms with Crippen molar-refractivity contribution in [2.45, 2.75) is 264 Å². The molecule has 0 aromatic carbocycles. The minimum Gasteiger partial charge on any atom is -0.466 e. The third-order valence-electron chi connectivity index (χ3n) is 10.2. The summed E-state index contributed by atoms with van der Waals surface area (Å²) in [6.45, 7) is 8.21. The normalized spacial score (nSPS) is 12.8. The smallest absolute Gasteiger partial charge is 0.305 e. The predicted molar refractivity (Wildman–Crippen MR) is 210 cm³/mol. The molecule has 0 saturated heterocycles. The summed E-state index contributed by atoms with van der Waals surface area (Å²) in [6.07, 6.45) is 44.2. The van der Waals surface area contributed by atoms with Gasteiger partial charge >= 0.3 is 5.97 Å². The van der Waals surface area contributed by atoms with Gasteiger partial charge in [-0.05, 0) is 32.1 Å². The Labute approximate surface area is 302 Å². The number of aliphatic hydroxyl groups is 1. The van der Waals surface area contributed by atoms with Crippen molar-refractivity contribution >= 4 is 5.97 Å². The molecule has 0 heterocycles. The standard InChI is InChI=1S/C44H88O4/c1-4-7-10-13-16-18-20-22-24-30-35-40-47-43(38-33-28-15-12-9-6-3)42(45)37-32-27-26-29-34-39-44(46)48-41-36-31-25-23-21-19-17-14-11-8-5-2/h42-43,45H,4-41H2,1-3H3. The Morgan fingerprint density at radius 1 is 0.417 bits per heavy atom. The molecular weight excluding hydrogens is 592 g/mol. The van der Waals surface area contributed by atoms with Gasteiger partial charge in [0.25, 0.3) is 0 Å². The number of rotatable bonds is 41. The second kappa shape index (κ2) is 40.8. The van der Waals surface area contributed by atoms with Gasteiger partial charge in [0.1, 0.15) is 0 Å².